The highest BCUT2D eigenvalue weighted by atomic mass is 16.6. The van der Waals surface area contributed by atoms with E-state index in [-0.39, 0.29) is 23.2 Å². The largest absolute Gasteiger partial charge is 0.452 e. The van der Waals surface area contributed by atoms with E-state index < -0.39 is 17.5 Å². The molecule has 2 aromatic carbocycles. The summed E-state index contributed by atoms with van der Waals surface area (Å²) < 4.78 is 5.08. The van der Waals surface area contributed by atoms with E-state index in [1.165, 1.54) is 17.0 Å². The summed E-state index contributed by atoms with van der Waals surface area (Å²) in [5, 5.41) is 13.7. The standard InChI is InChI=1S/C19H21N3O5/c1-13(14-7-5-4-6-8-14)21(3)18(23)12-27-19(24)16-11-15(22(25)26)9-10-17(16)20-2/h4-11,13,20H,12H2,1-3H3/t13-/m0/s1. The number of non-ortho nitro benzene ring substituents is 1. The minimum atomic E-state index is -0.808. The third-order valence-corrected chi connectivity index (χ3v) is 4.29. The number of nitro groups is 1. The maximum absolute atomic E-state index is 12.3. The van der Waals surface area contributed by atoms with Crippen LogP contribution in [0.2, 0.25) is 0 Å². The van der Waals surface area contributed by atoms with Crippen molar-refractivity contribution in [1.29, 1.82) is 0 Å². The number of ether oxygens (including phenoxy) is 1. The molecule has 2 aromatic rings. The molecule has 1 N–H and O–H groups in total. The van der Waals surface area contributed by atoms with Crippen LogP contribution in [0.15, 0.2) is 48.5 Å². The molecule has 0 fully saturated rings. The second-order valence-corrected chi connectivity index (χ2v) is 5.90. The van der Waals surface area contributed by atoms with E-state index in [0.717, 1.165) is 11.6 Å². The lowest BCUT2D eigenvalue weighted by Crippen LogP contribution is -2.33. The average molecular weight is 371 g/mol. The number of nitrogens with one attached hydrogen (secondary N) is 1. The number of carbonyl (C=O) groups excluding carboxylic acids is 2. The van der Waals surface area contributed by atoms with Gasteiger partial charge in [-0.15, -0.1) is 0 Å². The average Bonchev–Trinajstić information content (AvgIpc) is 2.70. The van der Waals surface area contributed by atoms with Crippen LogP contribution in [0.5, 0.6) is 0 Å². The summed E-state index contributed by atoms with van der Waals surface area (Å²) in [5.74, 6) is -1.19. The Morgan fingerprint density at radius 1 is 1.22 bits per heavy atom. The Bertz CT molecular complexity index is 838. The van der Waals surface area contributed by atoms with Gasteiger partial charge in [-0.2, -0.15) is 0 Å². The number of amides is 1. The number of rotatable bonds is 7. The quantitative estimate of drug-likeness (QED) is 0.456. The van der Waals surface area contributed by atoms with E-state index in [4.69, 9.17) is 4.74 Å². The monoisotopic (exact) mass is 371 g/mol. The Kier molecular flexibility index (Phi) is 6.48. The highest BCUT2D eigenvalue weighted by Crippen LogP contribution is 2.23. The molecule has 0 aliphatic heterocycles. The predicted octanol–water partition coefficient (Wildman–Crippen LogP) is 3.01. The van der Waals surface area contributed by atoms with Crippen LogP contribution in [0.4, 0.5) is 11.4 Å². The topological polar surface area (TPSA) is 102 Å². The zero-order valence-corrected chi connectivity index (χ0v) is 15.3. The van der Waals surface area contributed by atoms with Crippen LogP contribution in [0.3, 0.4) is 0 Å². The SMILES string of the molecule is CNc1ccc([N+](=O)[O-])cc1C(=O)OCC(=O)N(C)[C@@H](C)c1ccccc1. The maximum Gasteiger partial charge on any atom is 0.341 e. The lowest BCUT2D eigenvalue weighted by molar-refractivity contribution is -0.384. The fraction of sp³-hybridized carbons (Fsp3) is 0.263. The molecular formula is C19H21N3O5. The molecule has 1 amide bonds. The highest BCUT2D eigenvalue weighted by molar-refractivity contribution is 5.97. The number of esters is 1. The summed E-state index contributed by atoms with van der Waals surface area (Å²) in [4.78, 5) is 36.5. The summed E-state index contributed by atoms with van der Waals surface area (Å²) in [6.07, 6.45) is 0. The lowest BCUT2D eigenvalue weighted by Gasteiger charge is -2.25. The van der Waals surface area contributed by atoms with Gasteiger partial charge in [-0.25, -0.2) is 4.79 Å². The molecule has 2 rings (SSSR count). The number of nitrogens with zero attached hydrogens (tertiary/aromatic N) is 2. The van der Waals surface area contributed by atoms with Crippen molar-refractivity contribution in [3.05, 3.63) is 69.8 Å². The fourth-order valence-electron chi connectivity index (χ4n) is 2.51. The summed E-state index contributed by atoms with van der Waals surface area (Å²) in [6, 6.07) is 13.1. The van der Waals surface area contributed by atoms with Crippen molar-refractivity contribution in [3.63, 3.8) is 0 Å². The van der Waals surface area contributed by atoms with Gasteiger partial charge in [0.2, 0.25) is 0 Å². The molecule has 1 atom stereocenters. The smallest absolute Gasteiger partial charge is 0.341 e. The first-order valence-corrected chi connectivity index (χ1v) is 8.29. The molecule has 0 heterocycles. The molecule has 142 valence electrons. The van der Waals surface area contributed by atoms with Crippen molar-refractivity contribution in [2.45, 2.75) is 13.0 Å². The number of anilines is 1. The van der Waals surface area contributed by atoms with Gasteiger partial charge < -0.3 is 15.0 Å². The Balaban J connectivity index is 2.05. The number of likely N-dealkylation sites (N-methyl/N-ethyl adjacent to an activating group) is 1. The summed E-state index contributed by atoms with van der Waals surface area (Å²) in [5.41, 5.74) is 1.10. The van der Waals surface area contributed by atoms with Gasteiger partial charge in [0.1, 0.15) is 0 Å². The molecule has 0 saturated carbocycles. The molecule has 27 heavy (non-hydrogen) atoms. The predicted molar refractivity (Wildman–Crippen MR) is 101 cm³/mol. The zero-order valence-electron chi connectivity index (χ0n) is 15.3. The molecule has 0 spiro atoms. The van der Waals surface area contributed by atoms with E-state index in [9.17, 15) is 19.7 Å². The molecule has 0 aliphatic rings. The van der Waals surface area contributed by atoms with Crippen molar-refractivity contribution in [2.75, 3.05) is 26.0 Å². The van der Waals surface area contributed by atoms with Crippen molar-refractivity contribution in [1.82, 2.24) is 4.90 Å². The molecule has 0 unspecified atom stereocenters. The van der Waals surface area contributed by atoms with Gasteiger partial charge in [-0.05, 0) is 18.6 Å². The van der Waals surface area contributed by atoms with Gasteiger partial charge in [0.05, 0.1) is 16.5 Å². The van der Waals surface area contributed by atoms with Crippen LogP contribution in [0.25, 0.3) is 0 Å². The Labute approximate surface area is 156 Å². The van der Waals surface area contributed by atoms with Gasteiger partial charge in [0.15, 0.2) is 6.61 Å². The lowest BCUT2D eigenvalue weighted by atomic mass is 10.1. The number of nitro benzene ring substituents is 1. The molecule has 8 heteroatoms. The third kappa shape index (κ3) is 4.81. The zero-order chi connectivity index (χ0) is 20.0. The van der Waals surface area contributed by atoms with Gasteiger partial charge in [-0.1, -0.05) is 30.3 Å². The minimum Gasteiger partial charge on any atom is -0.452 e. The molecule has 0 bridgehead atoms. The van der Waals surface area contributed by atoms with Gasteiger partial charge in [-0.3, -0.25) is 14.9 Å². The van der Waals surface area contributed by atoms with E-state index in [1.54, 1.807) is 14.1 Å². The second kappa shape index (κ2) is 8.79. The molecule has 0 saturated heterocycles. The van der Waals surface area contributed by atoms with E-state index in [2.05, 4.69) is 5.32 Å². The highest BCUT2D eigenvalue weighted by Gasteiger charge is 2.21. The Morgan fingerprint density at radius 2 is 1.89 bits per heavy atom. The van der Waals surface area contributed by atoms with Gasteiger partial charge in [0.25, 0.3) is 11.6 Å². The van der Waals surface area contributed by atoms with Crippen molar-refractivity contribution < 1.29 is 19.2 Å². The first-order chi connectivity index (χ1) is 12.8. The fourth-order valence-corrected chi connectivity index (χ4v) is 2.51. The summed E-state index contributed by atoms with van der Waals surface area (Å²) in [6.45, 7) is 1.41. The Hall–Kier alpha value is -3.42. The van der Waals surface area contributed by atoms with Gasteiger partial charge >= 0.3 is 5.97 Å². The molecule has 0 aliphatic carbocycles. The number of carbonyl (C=O) groups is 2. The number of hydrogen-bond donors (Lipinski definition) is 1. The van der Waals surface area contributed by atoms with Crippen molar-refractivity contribution in [2.24, 2.45) is 0 Å². The van der Waals surface area contributed by atoms with Crippen LogP contribution in [-0.2, 0) is 9.53 Å². The normalized spacial score (nSPS) is 11.4. The van der Waals surface area contributed by atoms with Crippen molar-refractivity contribution in [3.8, 4) is 0 Å². The van der Waals surface area contributed by atoms with E-state index in [1.807, 2.05) is 37.3 Å². The summed E-state index contributed by atoms with van der Waals surface area (Å²) in [7, 11) is 3.21. The van der Waals surface area contributed by atoms with E-state index >= 15 is 0 Å². The first-order valence-electron chi connectivity index (χ1n) is 8.29. The van der Waals surface area contributed by atoms with Crippen LogP contribution in [0, 0.1) is 10.1 Å². The van der Waals surface area contributed by atoms with Crippen LogP contribution < -0.4 is 5.32 Å². The minimum absolute atomic E-state index is 0.00161. The molecule has 0 aromatic heterocycles. The molecule has 0 radical (unpaired) electrons. The van der Waals surface area contributed by atoms with E-state index in [0.29, 0.717) is 5.69 Å². The van der Waals surface area contributed by atoms with Crippen LogP contribution in [0.1, 0.15) is 28.9 Å². The van der Waals surface area contributed by atoms with Crippen LogP contribution >= 0.6 is 0 Å². The maximum atomic E-state index is 12.3. The van der Waals surface area contributed by atoms with Crippen LogP contribution in [-0.4, -0.2) is 42.4 Å². The van der Waals surface area contributed by atoms with Crippen molar-refractivity contribution >= 4 is 23.3 Å². The Morgan fingerprint density at radius 3 is 2.48 bits per heavy atom. The molecular weight excluding hydrogens is 350 g/mol. The first kappa shape index (κ1) is 19.9. The summed E-state index contributed by atoms with van der Waals surface area (Å²) >= 11 is 0. The second-order valence-electron chi connectivity index (χ2n) is 5.90. The third-order valence-electron chi connectivity index (χ3n) is 4.29. The number of benzene rings is 2. The molecule has 8 nitrogen and oxygen atoms in total. The van der Waals surface area contributed by atoms with Gasteiger partial charge in [0, 0.05) is 31.9 Å². The number of hydrogen-bond acceptors (Lipinski definition) is 6.